The van der Waals surface area contributed by atoms with Crippen LogP contribution in [0.4, 0.5) is 10.8 Å². The monoisotopic (exact) mass is 579 g/mol. The molecule has 10 heteroatoms. The molecule has 0 aliphatic rings. The fourth-order valence-electron chi connectivity index (χ4n) is 4.10. The van der Waals surface area contributed by atoms with Gasteiger partial charge >= 0.3 is 0 Å². The first-order valence-corrected chi connectivity index (χ1v) is 15.2. The van der Waals surface area contributed by atoms with Gasteiger partial charge in [0.1, 0.15) is 5.75 Å². The van der Waals surface area contributed by atoms with E-state index in [0.29, 0.717) is 12.3 Å². The van der Waals surface area contributed by atoms with Gasteiger partial charge in [-0.25, -0.2) is 13.4 Å². The quantitative estimate of drug-likeness (QED) is 0.150. The second-order valence-corrected chi connectivity index (χ2v) is 13.7. The molecule has 0 unspecified atom stereocenters. The van der Waals surface area contributed by atoms with E-state index in [1.54, 1.807) is 0 Å². The lowest BCUT2D eigenvalue weighted by atomic mass is 9.93. The van der Waals surface area contributed by atoms with Gasteiger partial charge < -0.3 is 4.74 Å². The molecule has 8 nitrogen and oxygen atoms in total. The molecule has 40 heavy (non-hydrogen) atoms. The molecule has 0 atom stereocenters. The predicted molar refractivity (Wildman–Crippen MR) is 161 cm³/mol. The molecule has 0 amide bonds. The maximum atomic E-state index is 13.2. The summed E-state index contributed by atoms with van der Waals surface area (Å²) in [6.07, 6.45) is 0.897. The molecule has 1 heterocycles. The smallest absolute Gasteiger partial charge is 0.270 e. The molecular weight excluding hydrogens is 546 g/mol. The normalized spacial score (nSPS) is 11.9. The first-order valence-electron chi connectivity index (χ1n) is 12.9. The highest BCUT2D eigenvalue weighted by Gasteiger charge is 2.23. The van der Waals surface area contributed by atoms with E-state index in [0.717, 1.165) is 39.8 Å². The topological polar surface area (TPSA) is 111 Å². The largest absolute Gasteiger partial charge is 0.494 e. The fourth-order valence-corrected chi connectivity index (χ4v) is 6.35. The van der Waals surface area contributed by atoms with Crippen LogP contribution in [0.3, 0.4) is 0 Å². The van der Waals surface area contributed by atoms with Gasteiger partial charge in [-0.2, -0.15) is 0 Å². The number of rotatable bonds is 10. The van der Waals surface area contributed by atoms with Crippen LogP contribution >= 0.6 is 11.3 Å². The van der Waals surface area contributed by atoms with Crippen molar-refractivity contribution in [3.05, 3.63) is 88.5 Å². The summed E-state index contributed by atoms with van der Waals surface area (Å²) in [4.78, 5) is 15.9. The van der Waals surface area contributed by atoms with Crippen LogP contribution < -0.4 is 9.46 Å². The number of anilines is 1. The van der Waals surface area contributed by atoms with Gasteiger partial charge in [-0.15, -0.1) is 0 Å². The Kier molecular flexibility index (Phi) is 8.60. The molecule has 0 saturated heterocycles. The van der Waals surface area contributed by atoms with Gasteiger partial charge in [0.25, 0.3) is 15.7 Å². The zero-order valence-electron chi connectivity index (χ0n) is 23.2. The standard InChI is InChI=1S/C30H33N3O5S2/c1-20(2)25-14-6-7-15-26(25)27-28(21-10-8-12-23(18-21)38-17-16-30(3,4)5)39-29(31-27)32-40(36,37)24-13-9-11-22(19-24)33(34)35/h6-15,18-20H,16-17H2,1-5H3,(H,31,32). The van der Waals surface area contributed by atoms with Crippen molar-refractivity contribution < 1.29 is 18.1 Å². The third kappa shape index (κ3) is 7.05. The summed E-state index contributed by atoms with van der Waals surface area (Å²) in [6.45, 7) is 11.3. The molecule has 1 N–H and O–H groups in total. The zero-order valence-corrected chi connectivity index (χ0v) is 24.8. The molecule has 1 aromatic heterocycles. The van der Waals surface area contributed by atoms with E-state index in [1.165, 1.54) is 29.5 Å². The van der Waals surface area contributed by atoms with Crippen LogP contribution in [-0.4, -0.2) is 24.9 Å². The summed E-state index contributed by atoms with van der Waals surface area (Å²) in [5.41, 5.74) is 3.33. The minimum Gasteiger partial charge on any atom is -0.494 e. The minimum absolute atomic E-state index is 0.147. The summed E-state index contributed by atoms with van der Waals surface area (Å²) in [7, 11) is -4.13. The van der Waals surface area contributed by atoms with Crippen LogP contribution in [0, 0.1) is 15.5 Å². The highest BCUT2D eigenvalue weighted by Crippen LogP contribution is 2.43. The number of sulfonamides is 1. The van der Waals surface area contributed by atoms with Crippen molar-refractivity contribution in [2.75, 3.05) is 11.3 Å². The van der Waals surface area contributed by atoms with Crippen LogP contribution in [0.2, 0.25) is 0 Å². The maximum Gasteiger partial charge on any atom is 0.270 e. The van der Waals surface area contributed by atoms with Crippen LogP contribution in [0.25, 0.3) is 21.7 Å². The van der Waals surface area contributed by atoms with Crippen molar-refractivity contribution in [3.8, 4) is 27.4 Å². The Bertz CT molecular complexity index is 1620. The van der Waals surface area contributed by atoms with Gasteiger partial charge in [-0.05, 0) is 47.1 Å². The second kappa shape index (κ2) is 11.8. The van der Waals surface area contributed by atoms with Gasteiger partial charge in [0.15, 0.2) is 5.13 Å². The Hall–Kier alpha value is -3.76. The number of nitro groups is 1. The Labute approximate surface area is 239 Å². The lowest BCUT2D eigenvalue weighted by Gasteiger charge is -2.18. The second-order valence-electron chi connectivity index (χ2n) is 11.0. The van der Waals surface area contributed by atoms with Crippen LogP contribution in [-0.2, 0) is 10.0 Å². The highest BCUT2D eigenvalue weighted by molar-refractivity contribution is 7.93. The van der Waals surface area contributed by atoms with Gasteiger partial charge in [0, 0.05) is 17.7 Å². The number of hydrogen-bond acceptors (Lipinski definition) is 7. The van der Waals surface area contributed by atoms with Crippen LogP contribution in [0.15, 0.2) is 77.7 Å². The number of benzene rings is 3. The molecule has 4 aromatic rings. The molecule has 0 bridgehead atoms. The van der Waals surface area contributed by atoms with Crippen molar-refractivity contribution >= 4 is 32.2 Å². The molecule has 0 saturated carbocycles. The Morgan fingerprint density at radius 1 is 1.02 bits per heavy atom. The van der Waals surface area contributed by atoms with Crippen molar-refractivity contribution in [2.24, 2.45) is 5.41 Å². The molecule has 0 aliphatic heterocycles. The Morgan fingerprint density at radius 2 is 1.75 bits per heavy atom. The summed E-state index contributed by atoms with van der Waals surface area (Å²) < 4.78 is 35.0. The summed E-state index contributed by atoms with van der Waals surface area (Å²) in [5, 5.41) is 11.4. The van der Waals surface area contributed by atoms with Gasteiger partial charge in [0.2, 0.25) is 0 Å². The maximum absolute atomic E-state index is 13.2. The predicted octanol–water partition coefficient (Wildman–Crippen LogP) is 8.12. The number of hydrogen-bond donors (Lipinski definition) is 1. The molecule has 210 valence electrons. The first kappa shape index (κ1) is 29.2. The Morgan fingerprint density at radius 3 is 2.45 bits per heavy atom. The van der Waals surface area contributed by atoms with Crippen LogP contribution in [0.5, 0.6) is 5.75 Å². The molecule has 0 spiro atoms. The number of nitro benzene ring substituents is 1. The third-order valence-electron chi connectivity index (χ3n) is 6.24. The average molecular weight is 580 g/mol. The van der Waals surface area contributed by atoms with E-state index in [1.807, 2.05) is 48.5 Å². The van der Waals surface area contributed by atoms with E-state index in [4.69, 9.17) is 9.72 Å². The molecule has 0 fully saturated rings. The zero-order chi connectivity index (χ0) is 29.1. The van der Waals surface area contributed by atoms with Crippen molar-refractivity contribution in [1.82, 2.24) is 4.98 Å². The van der Waals surface area contributed by atoms with Gasteiger partial charge in [-0.1, -0.05) is 88.4 Å². The molecule has 0 radical (unpaired) electrons. The molecule has 3 aromatic carbocycles. The van der Waals surface area contributed by atoms with Crippen molar-refractivity contribution in [3.63, 3.8) is 0 Å². The van der Waals surface area contributed by atoms with Crippen LogP contribution in [0.1, 0.15) is 52.5 Å². The van der Waals surface area contributed by atoms with E-state index >= 15 is 0 Å². The minimum atomic E-state index is -4.13. The lowest BCUT2D eigenvalue weighted by Crippen LogP contribution is -2.13. The summed E-state index contributed by atoms with van der Waals surface area (Å²) >= 11 is 1.21. The van der Waals surface area contributed by atoms with E-state index in [9.17, 15) is 18.5 Å². The third-order valence-corrected chi connectivity index (χ3v) is 8.73. The summed E-state index contributed by atoms with van der Waals surface area (Å²) in [6, 6.07) is 20.6. The van der Waals surface area contributed by atoms with Gasteiger partial charge in [0.05, 0.1) is 27.0 Å². The number of thiazole rings is 1. The number of nitrogens with one attached hydrogen (secondary N) is 1. The number of nitrogens with zero attached hydrogens (tertiary/aromatic N) is 2. The fraction of sp³-hybridized carbons (Fsp3) is 0.300. The van der Waals surface area contributed by atoms with Crippen molar-refractivity contribution in [2.45, 2.75) is 51.9 Å². The van der Waals surface area contributed by atoms with E-state index < -0.39 is 14.9 Å². The van der Waals surface area contributed by atoms with Gasteiger partial charge in [-0.3, -0.25) is 14.8 Å². The lowest BCUT2D eigenvalue weighted by molar-refractivity contribution is -0.385. The number of ether oxygens (including phenoxy) is 1. The number of non-ortho nitro benzene ring substituents is 1. The molecular formula is C30H33N3O5S2. The summed E-state index contributed by atoms with van der Waals surface area (Å²) in [5.74, 6) is 0.930. The van der Waals surface area contributed by atoms with E-state index in [2.05, 4.69) is 39.3 Å². The highest BCUT2D eigenvalue weighted by atomic mass is 32.2. The average Bonchev–Trinajstić information content (AvgIpc) is 3.31. The number of aromatic nitrogens is 1. The molecule has 4 rings (SSSR count). The first-order chi connectivity index (χ1) is 18.8. The van der Waals surface area contributed by atoms with E-state index in [-0.39, 0.29) is 27.0 Å². The SMILES string of the molecule is CC(C)c1ccccc1-c1nc(NS(=O)(=O)c2cccc([N+](=O)[O-])c2)sc1-c1cccc(OCCC(C)(C)C)c1. The van der Waals surface area contributed by atoms with Crippen molar-refractivity contribution in [1.29, 1.82) is 0 Å². The Balaban J connectivity index is 1.77. The molecule has 0 aliphatic carbocycles.